The molecule has 60 valence electrons. The van der Waals surface area contributed by atoms with Gasteiger partial charge in [0.05, 0.1) is 0 Å². The van der Waals surface area contributed by atoms with Gasteiger partial charge in [-0.2, -0.15) is 0 Å². The molecule has 0 unspecified atom stereocenters. The van der Waals surface area contributed by atoms with Crippen molar-refractivity contribution in [3.63, 3.8) is 0 Å². The average molecular weight is 146 g/mol. The fraction of sp³-hybridized carbons (Fsp3) is 0.833. The van der Waals surface area contributed by atoms with Crippen LogP contribution >= 0.6 is 0 Å². The van der Waals surface area contributed by atoms with E-state index >= 15 is 0 Å². The van der Waals surface area contributed by atoms with Crippen LogP contribution in [0.15, 0.2) is 0 Å². The Labute approximate surface area is 60.8 Å². The molecule has 0 fully saturated rings. The highest BCUT2D eigenvalue weighted by atomic mass is 16.3. The maximum Gasteiger partial charge on any atom is 0.262 e. The number of likely N-dealkylation sites (N-methyl/N-ethyl adjacent to an activating group) is 1. The Morgan fingerprint density at radius 1 is 1.60 bits per heavy atom. The molecule has 0 aliphatic rings. The van der Waals surface area contributed by atoms with E-state index in [0.29, 0.717) is 13.1 Å². The van der Waals surface area contributed by atoms with Crippen molar-refractivity contribution < 1.29 is 9.90 Å². The fourth-order valence-corrected chi connectivity index (χ4v) is 0.653. The second-order valence-corrected chi connectivity index (χ2v) is 1.81. The lowest BCUT2D eigenvalue weighted by molar-refractivity contribution is -0.137. The highest BCUT2D eigenvalue weighted by Gasteiger charge is 2.06. The molecule has 0 aliphatic heterocycles. The number of carbonyl (C=O) groups is 1. The largest absolute Gasteiger partial charge is 0.386 e. The van der Waals surface area contributed by atoms with Gasteiger partial charge in [0.25, 0.3) is 5.91 Å². The Kier molecular flexibility index (Phi) is 4.88. The summed E-state index contributed by atoms with van der Waals surface area (Å²) in [4.78, 5) is 10.7. The van der Waals surface area contributed by atoms with Gasteiger partial charge in [-0.05, 0) is 6.92 Å². The zero-order chi connectivity index (χ0) is 7.98. The molecule has 0 atom stereocenters. The molecule has 0 saturated heterocycles. The van der Waals surface area contributed by atoms with E-state index in [4.69, 9.17) is 5.11 Å². The van der Waals surface area contributed by atoms with Gasteiger partial charge < -0.3 is 5.11 Å². The quantitative estimate of drug-likeness (QED) is 0.518. The molecule has 4 heteroatoms. The van der Waals surface area contributed by atoms with Crippen molar-refractivity contribution in [1.29, 1.82) is 0 Å². The third kappa shape index (κ3) is 2.80. The summed E-state index contributed by atoms with van der Waals surface area (Å²) < 4.78 is 0. The van der Waals surface area contributed by atoms with E-state index in [1.165, 1.54) is 5.01 Å². The van der Waals surface area contributed by atoms with Gasteiger partial charge in [0, 0.05) is 13.1 Å². The Balaban J connectivity index is 3.68. The third-order valence-corrected chi connectivity index (χ3v) is 1.10. The average Bonchev–Trinajstić information content (AvgIpc) is 1.99. The zero-order valence-corrected chi connectivity index (χ0v) is 6.42. The van der Waals surface area contributed by atoms with Crippen molar-refractivity contribution in [2.75, 3.05) is 19.7 Å². The van der Waals surface area contributed by atoms with E-state index < -0.39 is 6.61 Å². The molecule has 4 nitrogen and oxygen atoms in total. The highest BCUT2D eigenvalue weighted by Crippen LogP contribution is 1.81. The number of aliphatic hydroxyl groups excluding tert-OH is 1. The summed E-state index contributed by atoms with van der Waals surface area (Å²) in [6.07, 6.45) is 0. The number of nitrogens with one attached hydrogen (secondary N) is 1. The maximum absolute atomic E-state index is 10.7. The highest BCUT2D eigenvalue weighted by molar-refractivity contribution is 5.76. The standard InChI is InChI=1S/C6H14N2O2/c1-3-7-8(4-2)6(10)5-9/h7,9H,3-5H2,1-2H3. The van der Waals surface area contributed by atoms with Crippen LogP contribution in [0.1, 0.15) is 13.8 Å². The second kappa shape index (κ2) is 5.20. The van der Waals surface area contributed by atoms with Crippen LogP contribution in [0.3, 0.4) is 0 Å². The van der Waals surface area contributed by atoms with E-state index in [0.717, 1.165) is 0 Å². The molecule has 1 amide bonds. The molecule has 0 aliphatic carbocycles. The first-order chi connectivity index (χ1) is 4.76. The first-order valence-electron chi connectivity index (χ1n) is 3.41. The fourth-order valence-electron chi connectivity index (χ4n) is 0.653. The van der Waals surface area contributed by atoms with Gasteiger partial charge in [-0.25, -0.2) is 5.43 Å². The summed E-state index contributed by atoms with van der Waals surface area (Å²) in [5.41, 5.74) is 2.81. The van der Waals surface area contributed by atoms with Crippen LogP contribution in [0.25, 0.3) is 0 Å². The van der Waals surface area contributed by atoms with Crippen molar-refractivity contribution in [3.8, 4) is 0 Å². The van der Waals surface area contributed by atoms with Crippen molar-refractivity contribution in [3.05, 3.63) is 0 Å². The maximum atomic E-state index is 10.7. The van der Waals surface area contributed by atoms with Crippen LogP contribution in [0.4, 0.5) is 0 Å². The number of hydrogen-bond donors (Lipinski definition) is 2. The van der Waals surface area contributed by atoms with Crippen molar-refractivity contribution in [1.82, 2.24) is 10.4 Å². The van der Waals surface area contributed by atoms with Crippen LogP contribution in [-0.4, -0.2) is 35.7 Å². The van der Waals surface area contributed by atoms with Gasteiger partial charge >= 0.3 is 0 Å². The SMILES string of the molecule is CCNN(CC)C(=O)CO. The number of hydrazine groups is 1. The first kappa shape index (κ1) is 9.39. The number of nitrogens with zero attached hydrogens (tertiary/aromatic N) is 1. The third-order valence-electron chi connectivity index (χ3n) is 1.10. The summed E-state index contributed by atoms with van der Waals surface area (Å²) in [6, 6.07) is 0. The zero-order valence-electron chi connectivity index (χ0n) is 6.42. The number of rotatable bonds is 4. The van der Waals surface area contributed by atoms with E-state index in [-0.39, 0.29) is 5.91 Å². The second-order valence-electron chi connectivity index (χ2n) is 1.81. The smallest absolute Gasteiger partial charge is 0.262 e. The van der Waals surface area contributed by atoms with Crippen LogP contribution < -0.4 is 5.43 Å². The van der Waals surface area contributed by atoms with Gasteiger partial charge in [0.1, 0.15) is 6.61 Å². The van der Waals surface area contributed by atoms with Crippen molar-refractivity contribution >= 4 is 5.91 Å². The topological polar surface area (TPSA) is 52.6 Å². The molecule has 0 saturated carbocycles. The Bertz CT molecular complexity index is 106. The molecule has 0 aromatic heterocycles. The predicted molar refractivity (Wildman–Crippen MR) is 38.1 cm³/mol. The van der Waals surface area contributed by atoms with Gasteiger partial charge in [-0.3, -0.25) is 9.80 Å². The van der Waals surface area contributed by atoms with Gasteiger partial charge in [0.2, 0.25) is 0 Å². The Morgan fingerprint density at radius 3 is 2.50 bits per heavy atom. The van der Waals surface area contributed by atoms with Crippen LogP contribution in [0.5, 0.6) is 0 Å². The van der Waals surface area contributed by atoms with E-state index in [1.807, 2.05) is 13.8 Å². The summed E-state index contributed by atoms with van der Waals surface area (Å²) in [5, 5.41) is 9.82. The molecule has 0 spiro atoms. The van der Waals surface area contributed by atoms with Crippen LogP contribution in [0, 0.1) is 0 Å². The number of amides is 1. The summed E-state index contributed by atoms with van der Waals surface area (Å²) in [6.45, 7) is 4.58. The van der Waals surface area contributed by atoms with E-state index in [9.17, 15) is 4.79 Å². The molecule has 0 rings (SSSR count). The van der Waals surface area contributed by atoms with E-state index in [2.05, 4.69) is 5.43 Å². The minimum atomic E-state index is -0.430. The molecule has 0 heterocycles. The number of hydrogen-bond acceptors (Lipinski definition) is 3. The van der Waals surface area contributed by atoms with Gasteiger partial charge in [-0.15, -0.1) is 0 Å². The monoisotopic (exact) mass is 146 g/mol. The lowest BCUT2D eigenvalue weighted by Crippen LogP contribution is -2.43. The molecule has 0 aromatic rings. The van der Waals surface area contributed by atoms with Gasteiger partial charge in [0.15, 0.2) is 0 Å². The van der Waals surface area contributed by atoms with Crippen LogP contribution in [0.2, 0.25) is 0 Å². The minimum Gasteiger partial charge on any atom is -0.386 e. The first-order valence-corrected chi connectivity index (χ1v) is 3.41. The summed E-state index contributed by atoms with van der Waals surface area (Å²) >= 11 is 0. The minimum absolute atomic E-state index is 0.288. The van der Waals surface area contributed by atoms with Crippen molar-refractivity contribution in [2.24, 2.45) is 0 Å². The van der Waals surface area contributed by atoms with Gasteiger partial charge in [-0.1, -0.05) is 6.92 Å². The normalized spacial score (nSPS) is 9.50. The molecule has 10 heavy (non-hydrogen) atoms. The number of carbonyl (C=O) groups excluding carboxylic acids is 1. The van der Waals surface area contributed by atoms with E-state index in [1.54, 1.807) is 0 Å². The molecular formula is C6H14N2O2. The lowest BCUT2D eigenvalue weighted by Gasteiger charge is -2.19. The number of aliphatic hydroxyl groups is 1. The molecule has 0 aromatic carbocycles. The molecule has 2 N–H and O–H groups in total. The lowest BCUT2D eigenvalue weighted by atomic mass is 10.6. The molecule has 0 radical (unpaired) electrons. The Morgan fingerprint density at radius 2 is 2.20 bits per heavy atom. The summed E-state index contributed by atoms with van der Waals surface area (Å²) in [5.74, 6) is -0.288. The Hall–Kier alpha value is -0.610. The molecular weight excluding hydrogens is 132 g/mol. The predicted octanol–water partition coefficient (Wildman–Crippen LogP) is -0.648. The molecule has 0 bridgehead atoms. The summed E-state index contributed by atoms with van der Waals surface area (Å²) in [7, 11) is 0. The van der Waals surface area contributed by atoms with Crippen molar-refractivity contribution in [2.45, 2.75) is 13.8 Å². The van der Waals surface area contributed by atoms with Crippen LogP contribution in [-0.2, 0) is 4.79 Å².